The van der Waals surface area contributed by atoms with E-state index >= 15 is 0 Å². The van der Waals surface area contributed by atoms with Crippen LogP contribution in [-0.2, 0) is 4.79 Å². The summed E-state index contributed by atoms with van der Waals surface area (Å²) in [5.41, 5.74) is 2.33. The van der Waals surface area contributed by atoms with E-state index in [9.17, 15) is 9.90 Å². The average molecular weight is 289 g/mol. The maximum absolute atomic E-state index is 11.4. The number of rotatable bonds is 5. The molecule has 2 rings (SSSR count). The lowest BCUT2D eigenvalue weighted by molar-refractivity contribution is -0.141. The Morgan fingerprint density at radius 2 is 1.81 bits per heavy atom. The first-order chi connectivity index (χ1) is 9.94. The van der Waals surface area contributed by atoms with Gasteiger partial charge < -0.3 is 5.11 Å². The minimum absolute atomic E-state index is 0.186. The third-order valence-corrected chi connectivity index (χ3v) is 5.15. The number of hydrogen-bond acceptors (Lipinski definition) is 2. The van der Waals surface area contributed by atoms with Crippen molar-refractivity contribution in [2.75, 3.05) is 7.05 Å². The molecular formula is C18H27NO2. The normalized spacial score (nSPS) is 19.4. The average Bonchev–Trinajstić information content (AvgIpc) is 2.47. The Bertz CT molecular complexity index is 474. The molecule has 0 aliphatic heterocycles. The maximum atomic E-state index is 11.4. The van der Waals surface area contributed by atoms with Crippen molar-refractivity contribution in [2.45, 2.75) is 64.0 Å². The topological polar surface area (TPSA) is 40.5 Å². The van der Waals surface area contributed by atoms with Gasteiger partial charge in [-0.25, -0.2) is 0 Å². The van der Waals surface area contributed by atoms with Gasteiger partial charge in [-0.2, -0.15) is 0 Å². The number of aliphatic carboxylic acids is 1. The van der Waals surface area contributed by atoms with Crippen LogP contribution < -0.4 is 0 Å². The molecule has 0 heterocycles. The summed E-state index contributed by atoms with van der Waals surface area (Å²) in [5.74, 6) is -0.681. The molecule has 1 saturated carbocycles. The van der Waals surface area contributed by atoms with Gasteiger partial charge in [0.1, 0.15) is 0 Å². The Morgan fingerprint density at radius 1 is 1.24 bits per heavy atom. The van der Waals surface area contributed by atoms with Crippen molar-refractivity contribution in [3.63, 3.8) is 0 Å². The van der Waals surface area contributed by atoms with Gasteiger partial charge in [-0.15, -0.1) is 0 Å². The minimum atomic E-state index is -0.681. The van der Waals surface area contributed by atoms with Crippen LogP contribution in [0.1, 0.15) is 62.6 Å². The molecular weight excluding hydrogens is 262 g/mol. The molecule has 0 radical (unpaired) electrons. The van der Waals surface area contributed by atoms with Crippen LogP contribution in [0.2, 0.25) is 0 Å². The van der Waals surface area contributed by atoms with E-state index in [1.165, 1.54) is 17.5 Å². The molecule has 1 aromatic carbocycles. The van der Waals surface area contributed by atoms with Gasteiger partial charge >= 0.3 is 5.97 Å². The predicted molar refractivity (Wildman–Crippen MR) is 85.4 cm³/mol. The van der Waals surface area contributed by atoms with Crippen molar-refractivity contribution in [1.82, 2.24) is 4.90 Å². The van der Waals surface area contributed by atoms with Crippen molar-refractivity contribution in [3.8, 4) is 0 Å². The molecule has 0 bridgehead atoms. The second-order valence-corrected chi connectivity index (χ2v) is 6.55. The Morgan fingerprint density at radius 3 is 2.33 bits per heavy atom. The van der Waals surface area contributed by atoms with Crippen LogP contribution in [0.3, 0.4) is 0 Å². The quantitative estimate of drug-likeness (QED) is 0.884. The zero-order chi connectivity index (χ0) is 15.5. The Kier molecular flexibility index (Phi) is 5.04. The molecule has 1 fully saturated rings. The fraction of sp³-hybridized carbons (Fsp3) is 0.611. The van der Waals surface area contributed by atoms with Gasteiger partial charge in [-0.3, -0.25) is 9.69 Å². The number of nitrogens with zero attached hydrogens (tertiary/aromatic N) is 1. The molecule has 0 spiro atoms. The van der Waals surface area contributed by atoms with Crippen molar-refractivity contribution in [3.05, 3.63) is 35.4 Å². The largest absolute Gasteiger partial charge is 0.481 e. The molecule has 1 unspecified atom stereocenters. The monoisotopic (exact) mass is 289 g/mol. The molecule has 1 N–H and O–H groups in total. The highest BCUT2D eigenvalue weighted by Crippen LogP contribution is 2.40. The summed E-state index contributed by atoms with van der Waals surface area (Å²) in [7, 11) is 2.10. The van der Waals surface area contributed by atoms with Gasteiger partial charge in [0.25, 0.3) is 0 Å². The molecule has 3 nitrogen and oxygen atoms in total. The van der Waals surface area contributed by atoms with Crippen molar-refractivity contribution < 1.29 is 9.90 Å². The van der Waals surface area contributed by atoms with E-state index in [-0.39, 0.29) is 18.0 Å². The van der Waals surface area contributed by atoms with Gasteiger partial charge in [-0.05, 0) is 39.3 Å². The van der Waals surface area contributed by atoms with Crippen LogP contribution in [0.15, 0.2) is 24.3 Å². The predicted octanol–water partition coefficient (Wildman–Crippen LogP) is 4.17. The SMILES string of the molecule is Cc1ccc(C(C)N(C)C2(CC(=O)O)CCCCC2)cc1. The van der Waals surface area contributed by atoms with Gasteiger partial charge in [0.05, 0.1) is 6.42 Å². The highest BCUT2D eigenvalue weighted by molar-refractivity contribution is 5.68. The van der Waals surface area contributed by atoms with Crippen LogP contribution in [0.4, 0.5) is 0 Å². The number of benzene rings is 1. The molecule has 21 heavy (non-hydrogen) atoms. The summed E-state index contributed by atoms with van der Waals surface area (Å²) < 4.78 is 0. The third kappa shape index (κ3) is 3.65. The molecule has 3 heteroatoms. The molecule has 1 aromatic rings. The molecule has 0 aromatic heterocycles. The van der Waals surface area contributed by atoms with Crippen LogP contribution in [0.25, 0.3) is 0 Å². The zero-order valence-electron chi connectivity index (χ0n) is 13.4. The number of carboxylic acid groups (broad SMARTS) is 1. The van der Waals surface area contributed by atoms with E-state index in [1.807, 2.05) is 0 Å². The van der Waals surface area contributed by atoms with E-state index in [2.05, 4.69) is 50.1 Å². The summed E-state index contributed by atoms with van der Waals surface area (Å²) in [4.78, 5) is 13.7. The van der Waals surface area contributed by atoms with E-state index in [0.29, 0.717) is 0 Å². The Balaban J connectivity index is 2.22. The number of carbonyl (C=O) groups is 1. The van der Waals surface area contributed by atoms with Gasteiger partial charge in [0, 0.05) is 11.6 Å². The summed E-state index contributed by atoms with van der Waals surface area (Å²) in [6, 6.07) is 8.82. The van der Waals surface area contributed by atoms with Crippen LogP contribution in [-0.4, -0.2) is 28.6 Å². The second kappa shape index (κ2) is 6.61. The standard InChI is InChI=1S/C18H27NO2/c1-14-7-9-16(10-8-14)15(2)19(3)18(13-17(20)21)11-5-4-6-12-18/h7-10,15H,4-6,11-13H2,1-3H3,(H,20,21). The van der Waals surface area contributed by atoms with Crippen molar-refractivity contribution in [2.24, 2.45) is 0 Å². The molecule has 0 amide bonds. The highest BCUT2D eigenvalue weighted by atomic mass is 16.4. The molecule has 1 aliphatic rings. The zero-order valence-corrected chi connectivity index (χ0v) is 13.4. The maximum Gasteiger partial charge on any atom is 0.305 e. The van der Waals surface area contributed by atoms with E-state index < -0.39 is 5.97 Å². The Labute approximate surface area is 128 Å². The molecule has 0 saturated heterocycles. The van der Waals surface area contributed by atoms with Gasteiger partial charge in [0.2, 0.25) is 0 Å². The Hall–Kier alpha value is -1.35. The first-order valence-electron chi connectivity index (χ1n) is 7.96. The highest BCUT2D eigenvalue weighted by Gasteiger charge is 2.40. The van der Waals surface area contributed by atoms with Crippen LogP contribution >= 0.6 is 0 Å². The lowest BCUT2D eigenvalue weighted by Gasteiger charge is -2.47. The number of carboxylic acids is 1. The minimum Gasteiger partial charge on any atom is -0.481 e. The van der Waals surface area contributed by atoms with Crippen molar-refractivity contribution >= 4 is 5.97 Å². The first-order valence-corrected chi connectivity index (χ1v) is 7.96. The van der Waals surface area contributed by atoms with E-state index in [1.54, 1.807) is 0 Å². The number of aryl methyl sites for hydroxylation is 1. The van der Waals surface area contributed by atoms with Crippen LogP contribution in [0, 0.1) is 6.92 Å². The van der Waals surface area contributed by atoms with E-state index in [0.717, 1.165) is 25.7 Å². The van der Waals surface area contributed by atoms with Crippen molar-refractivity contribution in [1.29, 1.82) is 0 Å². The fourth-order valence-corrected chi connectivity index (χ4v) is 3.62. The fourth-order valence-electron chi connectivity index (χ4n) is 3.62. The lowest BCUT2D eigenvalue weighted by Crippen LogP contribution is -2.50. The smallest absolute Gasteiger partial charge is 0.305 e. The number of hydrogen-bond donors (Lipinski definition) is 1. The summed E-state index contributed by atoms with van der Waals surface area (Å²) in [6.07, 6.45) is 5.74. The summed E-state index contributed by atoms with van der Waals surface area (Å²) in [5, 5.41) is 9.34. The molecule has 1 aliphatic carbocycles. The summed E-state index contributed by atoms with van der Waals surface area (Å²) >= 11 is 0. The van der Waals surface area contributed by atoms with Gasteiger partial charge in [0.15, 0.2) is 0 Å². The van der Waals surface area contributed by atoms with E-state index in [4.69, 9.17) is 0 Å². The molecule has 1 atom stereocenters. The molecule has 116 valence electrons. The first kappa shape index (κ1) is 16.0. The third-order valence-electron chi connectivity index (χ3n) is 5.15. The summed E-state index contributed by atoms with van der Waals surface area (Å²) in [6.45, 7) is 4.27. The van der Waals surface area contributed by atoms with Crippen LogP contribution in [0.5, 0.6) is 0 Å². The second-order valence-electron chi connectivity index (χ2n) is 6.55. The lowest BCUT2D eigenvalue weighted by atomic mass is 9.77. The van der Waals surface area contributed by atoms with Gasteiger partial charge in [-0.1, -0.05) is 49.1 Å².